The molecule has 1 atom stereocenters. The Morgan fingerprint density at radius 3 is 2.18 bits per heavy atom. The fourth-order valence-corrected chi connectivity index (χ4v) is 1.56. The monoisotopic (exact) mass is 243 g/mol. The largest absolute Gasteiger partial charge is 0.352 e. The number of nitrogens with two attached hydrogens (primary N) is 1. The predicted octanol–water partition coefficient (Wildman–Crippen LogP) is 0.248. The Labute approximate surface area is 104 Å². The van der Waals surface area contributed by atoms with Crippen LogP contribution in [0.15, 0.2) is 0 Å². The molecule has 0 aromatic carbocycles. The van der Waals surface area contributed by atoms with E-state index in [1.807, 2.05) is 27.7 Å². The molecule has 1 unspecified atom stereocenters. The number of hydrogen-bond acceptors (Lipinski definition) is 3. The maximum Gasteiger partial charge on any atom is 0.239 e. The summed E-state index contributed by atoms with van der Waals surface area (Å²) in [6.45, 7) is 8.17. The minimum atomic E-state index is -0.207. The first-order chi connectivity index (χ1) is 7.86. The molecule has 0 spiro atoms. The maximum absolute atomic E-state index is 11.7. The second-order valence-corrected chi connectivity index (χ2v) is 5.00. The normalized spacial score (nSPS) is 12.6. The van der Waals surface area contributed by atoms with Crippen LogP contribution < -0.4 is 16.4 Å². The summed E-state index contributed by atoms with van der Waals surface area (Å²) >= 11 is 0. The molecule has 5 nitrogen and oxygen atoms in total. The summed E-state index contributed by atoms with van der Waals surface area (Å²) in [4.78, 5) is 23.1. The van der Waals surface area contributed by atoms with Crippen LogP contribution in [0.1, 0.15) is 34.1 Å². The molecule has 0 saturated heterocycles. The topological polar surface area (TPSA) is 84.2 Å². The van der Waals surface area contributed by atoms with E-state index in [1.54, 1.807) is 0 Å². The lowest BCUT2D eigenvalue weighted by molar-refractivity contribution is -0.128. The van der Waals surface area contributed by atoms with Crippen molar-refractivity contribution < 1.29 is 9.59 Å². The van der Waals surface area contributed by atoms with E-state index in [1.165, 1.54) is 0 Å². The molecular weight excluding hydrogens is 218 g/mol. The SMILES string of the molecule is CC(C)CC(CN)C(=O)NCC(=O)NC(C)C. The molecule has 0 aliphatic heterocycles. The first-order valence-electron chi connectivity index (χ1n) is 6.14. The van der Waals surface area contributed by atoms with E-state index in [9.17, 15) is 9.59 Å². The van der Waals surface area contributed by atoms with Crippen molar-refractivity contribution >= 4 is 11.8 Å². The molecular formula is C12H25N3O2. The standard InChI is InChI=1S/C12H25N3O2/c1-8(2)5-10(6-13)12(17)14-7-11(16)15-9(3)4/h8-10H,5-7,13H2,1-4H3,(H,14,17)(H,15,16). The lowest BCUT2D eigenvalue weighted by atomic mass is 9.96. The van der Waals surface area contributed by atoms with E-state index in [4.69, 9.17) is 5.73 Å². The molecule has 100 valence electrons. The number of carbonyl (C=O) groups excluding carboxylic acids is 2. The van der Waals surface area contributed by atoms with Crippen molar-refractivity contribution in [2.45, 2.75) is 40.2 Å². The van der Waals surface area contributed by atoms with Crippen molar-refractivity contribution in [1.82, 2.24) is 10.6 Å². The van der Waals surface area contributed by atoms with Crippen LogP contribution in [0.25, 0.3) is 0 Å². The maximum atomic E-state index is 11.7. The molecule has 2 amide bonds. The first-order valence-corrected chi connectivity index (χ1v) is 6.14. The molecule has 0 aliphatic rings. The van der Waals surface area contributed by atoms with Gasteiger partial charge >= 0.3 is 0 Å². The van der Waals surface area contributed by atoms with E-state index in [0.717, 1.165) is 6.42 Å². The van der Waals surface area contributed by atoms with E-state index >= 15 is 0 Å². The zero-order valence-electron chi connectivity index (χ0n) is 11.2. The van der Waals surface area contributed by atoms with Crippen molar-refractivity contribution in [3.8, 4) is 0 Å². The zero-order valence-corrected chi connectivity index (χ0v) is 11.2. The molecule has 17 heavy (non-hydrogen) atoms. The fraction of sp³-hybridized carbons (Fsp3) is 0.833. The fourth-order valence-electron chi connectivity index (χ4n) is 1.56. The lowest BCUT2D eigenvalue weighted by Crippen LogP contribution is -2.43. The van der Waals surface area contributed by atoms with Gasteiger partial charge in [0.05, 0.1) is 12.5 Å². The zero-order chi connectivity index (χ0) is 13.4. The van der Waals surface area contributed by atoms with Gasteiger partial charge in [-0.25, -0.2) is 0 Å². The van der Waals surface area contributed by atoms with Gasteiger partial charge in [0, 0.05) is 12.6 Å². The van der Waals surface area contributed by atoms with Crippen molar-refractivity contribution in [3.63, 3.8) is 0 Å². The molecule has 0 fully saturated rings. The Hall–Kier alpha value is -1.10. The van der Waals surface area contributed by atoms with Gasteiger partial charge in [-0.2, -0.15) is 0 Å². The molecule has 0 saturated carbocycles. The van der Waals surface area contributed by atoms with Gasteiger partial charge in [-0.15, -0.1) is 0 Å². The number of amides is 2. The number of carbonyl (C=O) groups is 2. The Balaban J connectivity index is 4.02. The van der Waals surface area contributed by atoms with Crippen molar-refractivity contribution in [2.24, 2.45) is 17.6 Å². The van der Waals surface area contributed by atoms with Gasteiger partial charge in [-0.1, -0.05) is 13.8 Å². The van der Waals surface area contributed by atoms with E-state index in [-0.39, 0.29) is 30.3 Å². The van der Waals surface area contributed by atoms with Gasteiger partial charge in [0.25, 0.3) is 0 Å². The van der Waals surface area contributed by atoms with Crippen LogP contribution in [0, 0.1) is 11.8 Å². The van der Waals surface area contributed by atoms with Crippen LogP contribution in [0.3, 0.4) is 0 Å². The Kier molecular flexibility index (Phi) is 7.54. The summed E-state index contributed by atoms with van der Waals surface area (Å²) in [5.74, 6) is -0.102. The Morgan fingerprint density at radius 2 is 1.76 bits per heavy atom. The van der Waals surface area contributed by atoms with Crippen molar-refractivity contribution in [1.29, 1.82) is 0 Å². The molecule has 0 aromatic rings. The number of hydrogen-bond donors (Lipinski definition) is 3. The molecule has 0 heterocycles. The highest BCUT2D eigenvalue weighted by atomic mass is 16.2. The Bertz CT molecular complexity index is 252. The van der Waals surface area contributed by atoms with Crippen molar-refractivity contribution in [3.05, 3.63) is 0 Å². The van der Waals surface area contributed by atoms with Gasteiger partial charge in [-0.05, 0) is 26.2 Å². The summed E-state index contributed by atoms with van der Waals surface area (Å²) in [6, 6.07) is 0.0837. The highest BCUT2D eigenvalue weighted by Crippen LogP contribution is 2.10. The average molecular weight is 243 g/mol. The first kappa shape index (κ1) is 15.9. The second kappa shape index (κ2) is 8.06. The third-order valence-electron chi connectivity index (χ3n) is 2.28. The minimum absolute atomic E-state index is 0.0195. The van der Waals surface area contributed by atoms with Crippen LogP contribution in [0.5, 0.6) is 0 Å². The number of nitrogens with one attached hydrogen (secondary N) is 2. The second-order valence-electron chi connectivity index (χ2n) is 5.00. The van der Waals surface area contributed by atoms with Crippen LogP contribution in [0.2, 0.25) is 0 Å². The summed E-state index contributed by atoms with van der Waals surface area (Å²) in [7, 11) is 0. The minimum Gasteiger partial charge on any atom is -0.352 e. The van der Waals surface area contributed by atoms with Gasteiger partial charge in [0.15, 0.2) is 0 Å². The lowest BCUT2D eigenvalue weighted by Gasteiger charge is -2.17. The smallest absolute Gasteiger partial charge is 0.239 e. The summed E-state index contributed by atoms with van der Waals surface area (Å²) in [5.41, 5.74) is 5.55. The molecule has 0 rings (SSSR count). The summed E-state index contributed by atoms with van der Waals surface area (Å²) in [6.07, 6.45) is 0.744. The van der Waals surface area contributed by atoms with Crippen LogP contribution in [-0.2, 0) is 9.59 Å². The third-order valence-corrected chi connectivity index (χ3v) is 2.28. The molecule has 4 N–H and O–H groups in total. The van der Waals surface area contributed by atoms with E-state index in [2.05, 4.69) is 10.6 Å². The van der Waals surface area contributed by atoms with Crippen LogP contribution in [0.4, 0.5) is 0 Å². The summed E-state index contributed by atoms with van der Waals surface area (Å²) < 4.78 is 0. The highest BCUT2D eigenvalue weighted by molar-refractivity contribution is 5.85. The van der Waals surface area contributed by atoms with Crippen molar-refractivity contribution in [2.75, 3.05) is 13.1 Å². The number of rotatable bonds is 7. The third kappa shape index (κ3) is 7.74. The predicted molar refractivity (Wildman–Crippen MR) is 68.3 cm³/mol. The average Bonchev–Trinajstić information content (AvgIpc) is 2.21. The Morgan fingerprint density at radius 1 is 1.18 bits per heavy atom. The van der Waals surface area contributed by atoms with Crippen LogP contribution in [-0.4, -0.2) is 30.9 Å². The van der Waals surface area contributed by atoms with Gasteiger partial charge in [0.1, 0.15) is 0 Å². The molecule has 0 aromatic heterocycles. The highest BCUT2D eigenvalue weighted by Gasteiger charge is 2.18. The van der Waals surface area contributed by atoms with Gasteiger partial charge in [-0.3, -0.25) is 9.59 Å². The van der Waals surface area contributed by atoms with Gasteiger partial charge < -0.3 is 16.4 Å². The molecule has 0 aliphatic carbocycles. The van der Waals surface area contributed by atoms with E-state index < -0.39 is 0 Å². The molecule has 0 radical (unpaired) electrons. The molecule has 0 bridgehead atoms. The van der Waals surface area contributed by atoms with E-state index in [0.29, 0.717) is 12.5 Å². The summed E-state index contributed by atoms with van der Waals surface area (Å²) in [5, 5.41) is 5.32. The quantitative estimate of drug-likeness (QED) is 0.599. The molecule has 5 heteroatoms. The van der Waals surface area contributed by atoms with Gasteiger partial charge in [0.2, 0.25) is 11.8 Å². The van der Waals surface area contributed by atoms with Crippen LogP contribution >= 0.6 is 0 Å².